The van der Waals surface area contributed by atoms with Gasteiger partial charge in [-0.2, -0.15) is 0 Å². The number of rotatable bonds is 5. The number of hydrogen-bond acceptors (Lipinski definition) is 4. The third-order valence-electron chi connectivity index (χ3n) is 4.97. The number of anilines is 2. The second-order valence-electron chi connectivity index (χ2n) is 6.85. The van der Waals surface area contributed by atoms with E-state index in [0.29, 0.717) is 16.9 Å². The lowest BCUT2D eigenvalue weighted by Crippen LogP contribution is -2.25. The molecule has 0 saturated carbocycles. The number of benzene rings is 2. The summed E-state index contributed by atoms with van der Waals surface area (Å²) in [6, 6.07) is 16.5. The van der Waals surface area contributed by atoms with Crippen molar-refractivity contribution in [1.82, 2.24) is 4.57 Å². The van der Waals surface area contributed by atoms with Gasteiger partial charge in [0.15, 0.2) is 0 Å². The number of nitrogens with one attached hydrogen (secondary N) is 1. The van der Waals surface area contributed by atoms with E-state index in [2.05, 4.69) is 5.32 Å². The number of carbonyl (C=O) groups is 2. The zero-order valence-electron chi connectivity index (χ0n) is 17.7. The molecule has 0 aliphatic carbocycles. The van der Waals surface area contributed by atoms with Crippen LogP contribution in [0.5, 0.6) is 5.75 Å². The molecule has 1 aromatic heterocycles. The summed E-state index contributed by atoms with van der Waals surface area (Å²) in [5, 5.41) is 2.91. The summed E-state index contributed by atoms with van der Waals surface area (Å²) in [7, 11) is 4.58. The minimum atomic E-state index is -0.460. The van der Waals surface area contributed by atoms with Gasteiger partial charge in [0, 0.05) is 35.5 Å². The summed E-state index contributed by atoms with van der Waals surface area (Å²) < 4.78 is 11.9. The number of carbonyl (C=O) groups excluding carboxylic acids is 2. The molecule has 7 nitrogen and oxygen atoms in total. The van der Waals surface area contributed by atoms with Gasteiger partial charge in [0.2, 0.25) is 0 Å². The molecule has 2 aromatic carbocycles. The molecular weight excluding hydrogens is 382 g/mol. The van der Waals surface area contributed by atoms with Gasteiger partial charge in [0.1, 0.15) is 5.75 Å². The van der Waals surface area contributed by atoms with Crippen LogP contribution in [0.15, 0.2) is 54.6 Å². The summed E-state index contributed by atoms with van der Waals surface area (Å²) in [5.74, 6) is 0.581. The number of amides is 2. The number of methoxy groups -OCH3 is 2. The summed E-state index contributed by atoms with van der Waals surface area (Å²) in [4.78, 5) is 25.9. The van der Waals surface area contributed by atoms with Gasteiger partial charge in [-0.1, -0.05) is 0 Å². The Balaban J connectivity index is 1.80. The number of hydrogen-bond donors (Lipinski definition) is 1. The largest absolute Gasteiger partial charge is 0.497 e. The van der Waals surface area contributed by atoms with E-state index in [0.717, 1.165) is 22.8 Å². The third-order valence-corrected chi connectivity index (χ3v) is 4.97. The standard InChI is InChI=1S/C23H25N3O4/c1-15-14-21(16(2)26(15)19-10-12-20(29-4)13-11-19)22(27)24-17-6-8-18(9-7-17)25(3)23(28)30-5/h6-14H,1-5H3,(H,24,27). The van der Waals surface area contributed by atoms with Crippen LogP contribution in [0.1, 0.15) is 21.7 Å². The molecule has 0 aliphatic rings. The first-order valence-corrected chi connectivity index (χ1v) is 9.42. The van der Waals surface area contributed by atoms with Gasteiger partial charge in [-0.15, -0.1) is 0 Å². The van der Waals surface area contributed by atoms with Crippen LogP contribution in [-0.4, -0.2) is 37.8 Å². The summed E-state index contributed by atoms with van der Waals surface area (Å²) in [5.41, 5.74) is 4.66. The van der Waals surface area contributed by atoms with E-state index in [9.17, 15) is 9.59 Å². The topological polar surface area (TPSA) is 72.8 Å². The fourth-order valence-corrected chi connectivity index (χ4v) is 3.33. The molecule has 0 atom stereocenters. The molecule has 0 saturated heterocycles. The molecule has 2 amide bonds. The van der Waals surface area contributed by atoms with Crippen LogP contribution in [0.3, 0.4) is 0 Å². The van der Waals surface area contributed by atoms with Crippen molar-refractivity contribution >= 4 is 23.4 Å². The van der Waals surface area contributed by atoms with Crippen molar-refractivity contribution in [2.24, 2.45) is 0 Å². The second-order valence-corrected chi connectivity index (χ2v) is 6.85. The first kappa shape index (κ1) is 21.0. The van der Waals surface area contributed by atoms with Gasteiger partial charge in [-0.05, 0) is 68.4 Å². The lowest BCUT2D eigenvalue weighted by molar-refractivity contribution is 0.102. The molecule has 30 heavy (non-hydrogen) atoms. The van der Waals surface area contributed by atoms with Crippen LogP contribution in [0, 0.1) is 13.8 Å². The second kappa shape index (κ2) is 8.73. The van der Waals surface area contributed by atoms with Crippen molar-refractivity contribution in [3.8, 4) is 11.4 Å². The van der Waals surface area contributed by atoms with Crippen LogP contribution < -0.4 is 15.0 Å². The fourth-order valence-electron chi connectivity index (χ4n) is 3.33. The fraction of sp³-hybridized carbons (Fsp3) is 0.217. The van der Waals surface area contributed by atoms with Gasteiger partial charge >= 0.3 is 6.09 Å². The van der Waals surface area contributed by atoms with Crippen LogP contribution in [0.25, 0.3) is 5.69 Å². The minimum absolute atomic E-state index is 0.197. The number of ether oxygens (including phenoxy) is 2. The Hall–Kier alpha value is -3.74. The zero-order chi connectivity index (χ0) is 21.8. The first-order valence-electron chi connectivity index (χ1n) is 9.42. The van der Waals surface area contributed by atoms with E-state index in [1.807, 2.05) is 48.7 Å². The van der Waals surface area contributed by atoms with Gasteiger partial charge in [-0.3, -0.25) is 9.69 Å². The third kappa shape index (κ3) is 4.15. The number of nitrogens with zero attached hydrogens (tertiary/aromatic N) is 2. The van der Waals surface area contributed by atoms with Crippen LogP contribution in [-0.2, 0) is 4.74 Å². The molecule has 156 valence electrons. The summed E-state index contributed by atoms with van der Waals surface area (Å²) in [6.07, 6.45) is -0.460. The highest BCUT2D eigenvalue weighted by molar-refractivity contribution is 6.05. The van der Waals surface area contributed by atoms with E-state index < -0.39 is 6.09 Å². The predicted molar refractivity (Wildman–Crippen MR) is 117 cm³/mol. The number of aromatic nitrogens is 1. The van der Waals surface area contributed by atoms with Crippen LogP contribution in [0.4, 0.5) is 16.2 Å². The van der Waals surface area contributed by atoms with E-state index in [4.69, 9.17) is 9.47 Å². The average Bonchev–Trinajstić information content (AvgIpc) is 3.07. The Morgan fingerprint density at radius 1 is 0.967 bits per heavy atom. The molecule has 7 heteroatoms. The molecule has 0 aliphatic heterocycles. The van der Waals surface area contributed by atoms with Gasteiger partial charge < -0.3 is 19.4 Å². The Bertz CT molecular complexity index is 1050. The lowest BCUT2D eigenvalue weighted by atomic mass is 10.2. The Morgan fingerprint density at radius 3 is 2.17 bits per heavy atom. The summed E-state index contributed by atoms with van der Waals surface area (Å²) >= 11 is 0. The van der Waals surface area contributed by atoms with E-state index >= 15 is 0 Å². The molecule has 3 rings (SSSR count). The molecule has 0 bridgehead atoms. The Kier molecular flexibility index (Phi) is 6.11. The first-order chi connectivity index (χ1) is 14.3. The molecule has 3 aromatic rings. The maximum Gasteiger partial charge on any atom is 0.413 e. The zero-order valence-corrected chi connectivity index (χ0v) is 17.7. The SMILES string of the molecule is COC(=O)N(C)c1ccc(NC(=O)c2cc(C)n(-c3ccc(OC)cc3)c2C)cc1. The molecule has 1 heterocycles. The lowest BCUT2D eigenvalue weighted by Gasteiger charge is -2.16. The molecule has 1 N–H and O–H groups in total. The maximum atomic E-state index is 12.9. The van der Waals surface area contributed by atoms with Crippen LogP contribution >= 0.6 is 0 Å². The Morgan fingerprint density at radius 2 is 1.60 bits per heavy atom. The molecular formula is C23H25N3O4. The number of aryl methyl sites for hydroxylation is 1. The predicted octanol–water partition coefficient (Wildman–Crippen LogP) is 4.56. The minimum Gasteiger partial charge on any atom is -0.497 e. The van der Waals surface area contributed by atoms with Crippen molar-refractivity contribution in [1.29, 1.82) is 0 Å². The molecule has 0 fully saturated rings. The van der Waals surface area contributed by atoms with E-state index in [1.54, 1.807) is 38.4 Å². The van der Waals surface area contributed by atoms with Crippen molar-refractivity contribution in [2.45, 2.75) is 13.8 Å². The highest BCUT2D eigenvalue weighted by Gasteiger charge is 2.17. The van der Waals surface area contributed by atoms with E-state index in [-0.39, 0.29) is 5.91 Å². The monoisotopic (exact) mass is 407 g/mol. The van der Waals surface area contributed by atoms with Crippen molar-refractivity contribution in [3.05, 3.63) is 71.5 Å². The highest BCUT2D eigenvalue weighted by atomic mass is 16.5. The van der Waals surface area contributed by atoms with Gasteiger partial charge in [-0.25, -0.2) is 4.79 Å². The smallest absolute Gasteiger partial charge is 0.413 e. The highest BCUT2D eigenvalue weighted by Crippen LogP contribution is 2.24. The molecule has 0 spiro atoms. The maximum absolute atomic E-state index is 12.9. The average molecular weight is 407 g/mol. The van der Waals surface area contributed by atoms with Crippen molar-refractivity contribution < 1.29 is 19.1 Å². The van der Waals surface area contributed by atoms with Crippen molar-refractivity contribution in [2.75, 3.05) is 31.5 Å². The van der Waals surface area contributed by atoms with Crippen molar-refractivity contribution in [3.63, 3.8) is 0 Å². The molecule has 0 unspecified atom stereocenters. The normalized spacial score (nSPS) is 10.4. The van der Waals surface area contributed by atoms with Gasteiger partial charge in [0.25, 0.3) is 5.91 Å². The summed E-state index contributed by atoms with van der Waals surface area (Å²) in [6.45, 7) is 3.88. The molecule has 0 radical (unpaired) electrons. The van der Waals surface area contributed by atoms with Gasteiger partial charge in [0.05, 0.1) is 19.8 Å². The van der Waals surface area contributed by atoms with Crippen LogP contribution in [0.2, 0.25) is 0 Å². The Labute approximate surface area is 175 Å². The van der Waals surface area contributed by atoms with E-state index in [1.165, 1.54) is 12.0 Å². The quantitative estimate of drug-likeness (QED) is 0.673.